The summed E-state index contributed by atoms with van der Waals surface area (Å²) in [5, 5.41) is 43.9. The Morgan fingerprint density at radius 2 is 1.81 bits per heavy atom. The van der Waals surface area contributed by atoms with Crippen LogP contribution in [0, 0.1) is 35.0 Å². The van der Waals surface area contributed by atoms with Crippen molar-refractivity contribution in [1.29, 1.82) is 0 Å². The van der Waals surface area contributed by atoms with Crippen LogP contribution in [0.25, 0.3) is 10.8 Å². The van der Waals surface area contributed by atoms with E-state index in [9.17, 15) is 24.9 Å². The van der Waals surface area contributed by atoms with Crippen LogP contribution in [0.4, 0.5) is 0 Å². The highest BCUT2D eigenvalue weighted by Crippen LogP contribution is 2.45. The number of piperidine rings is 1. The Morgan fingerprint density at radius 1 is 0.983 bits per heavy atom. The van der Waals surface area contributed by atoms with Crippen LogP contribution < -0.4 is 21.1 Å². The first kappa shape index (κ1) is 41.1. The molecule has 3 aromatic carbocycles. The molecule has 9 heteroatoms. The minimum atomic E-state index is -1.15. The van der Waals surface area contributed by atoms with Gasteiger partial charge in [-0.3, -0.25) is 9.59 Å². The first-order chi connectivity index (χ1) is 28.6. The second kappa shape index (κ2) is 17.9. The smallest absolute Gasteiger partial charge is 0.160 e. The van der Waals surface area contributed by atoms with Crippen molar-refractivity contribution in [2.45, 2.75) is 120 Å². The monoisotopic (exact) mass is 799 g/mol. The van der Waals surface area contributed by atoms with Crippen molar-refractivity contribution in [3.63, 3.8) is 0 Å². The Balaban J connectivity index is 0.994. The summed E-state index contributed by atoms with van der Waals surface area (Å²) < 4.78 is 5.50. The Kier molecular flexibility index (Phi) is 12.5. The van der Waals surface area contributed by atoms with Gasteiger partial charge in [0.2, 0.25) is 0 Å². The largest absolute Gasteiger partial charge is 0.504 e. The van der Waals surface area contributed by atoms with Crippen molar-refractivity contribution in [2.75, 3.05) is 20.2 Å². The standard InChI is InChI=1S/C50H61N3O6/c1-59-46-25-37-12-15-47(57)50(19-16-31(23-48(50)58)6-7-32-22-39-11-14-41(55)28-44(39)53-30-32)20-17-34(43(37)29-45(46)56)10-13-40(54)27-42(38-18-21-52-49(51)26-38)36-9-8-33-4-2-3-5-35(33)24-36/h2-5,8-9,18,24-26,29,31-32,34,39-40,42,44,48,52-54,56,58H,6-7,10-16,19,21-23,27-28,30,51H2,1H3/t31-,32-,34-,39+,40-,42-,44+,48+,50-/m0/s1. The number of nitrogens with one attached hydrogen (secondary N) is 2. The second-order valence-corrected chi connectivity index (χ2v) is 18.1. The fraction of sp³-hybridized carbons (Fsp3) is 0.520. The zero-order valence-electron chi connectivity index (χ0n) is 34.4. The fourth-order valence-corrected chi connectivity index (χ4v) is 10.9. The number of ether oxygens (including phenoxy) is 1. The van der Waals surface area contributed by atoms with Crippen molar-refractivity contribution in [3.05, 3.63) is 94.8 Å². The van der Waals surface area contributed by atoms with Gasteiger partial charge in [-0.2, -0.15) is 0 Å². The first-order valence-electron chi connectivity index (χ1n) is 22.0. The molecule has 0 radical (unpaired) electrons. The third-order valence-electron chi connectivity index (χ3n) is 14.4. The predicted molar refractivity (Wildman–Crippen MR) is 231 cm³/mol. The first-order valence-corrected chi connectivity index (χ1v) is 22.0. The van der Waals surface area contributed by atoms with E-state index < -0.39 is 17.6 Å². The average Bonchev–Trinajstić information content (AvgIpc) is 3.29. The minimum absolute atomic E-state index is 0.0127. The molecule has 1 spiro atoms. The van der Waals surface area contributed by atoms with Gasteiger partial charge in [0.15, 0.2) is 17.3 Å². The quantitative estimate of drug-likeness (QED) is 0.112. The highest BCUT2D eigenvalue weighted by molar-refractivity contribution is 5.89. The second-order valence-electron chi connectivity index (χ2n) is 18.1. The van der Waals surface area contributed by atoms with Gasteiger partial charge in [-0.05, 0) is 140 Å². The lowest BCUT2D eigenvalue weighted by Gasteiger charge is -2.42. The normalized spacial score (nSPS) is 29.3. The zero-order chi connectivity index (χ0) is 41.1. The molecule has 7 N–H and O–H groups in total. The van der Waals surface area contributed by atoms with Crippen molar-refractivity contribution in [3.8, 4) is 23.3 Å². The maximum absolute atomic E-state index is 14.3. The maximum atomic E-state index is 14.3. The molecule has 2 aliphatic heterocycles. The number of benzene rings is 3. The van der Waals surface area contributed by atoms with Gasteiger partial charge in [0.25, 0.3) is 0 Å². The van der Waals surface area contributed by atoms with Gasteiger partial charge in [-0.15, -0.1) is 0 Å². The number of rotatable bonds is 11. The number of phenolic OH excluding ortho intramolecular Hbond substituents is 1. The van der Waals surface area contributed by atoms with Gasteiger partial charge in [-0.1, -0.05) is 66.8 Å². The van der Waals surface area contributed by atoms with Gasteiger partial charge in [0, 0.05) is 43.7 Å². The summed E-state index contributed by atoms with van der Waals surface area (Å²) in [5.41, 5.74) is 9.00. The molecule has 8 rings (SSSR count). The molecule has 3 aromatic rings. The van der Waals surface area contributed by atoms with Crippen LogP contribution in [0.15, 0.2) is 78.1 Å². The molecule has 59 heavy (non-hydrogen) atoms. The van der Waals surface area contributed by atoms with E-state index in [0.29, 0.717) is 99.1 Å². The molecule has 3 fully saturated rings. The molecule has 2 saturated carbocycles. The Bertz CT molecular complexity index is 2170. The Morgan fingerprint density at radius 3 is 2.63 bits per heavy atom. The van der Waals surface area contributed by atoms with Crippen molar-refractivity contribution < 1.29 is 29.6 Å². The number of aliphatic hydroxyl groups is 2. The molecule has 1 saturated heterocycles. The number of methoxy groups -OCH3 is 1. The lowest BCUT2D eigenvalue weighted by Crippen LogP contribution is -2.49. The van der Waals surface area contributed by atoms with E-state index in [1.54, 1.807) is 6.07 Å². The number of carbonyl (C=O) groups excluding carboxylic acids is 2. The van der Waals surface area contributed by atoms with Crippen LogP contribution in [0.2, 0.25) is 0 Å². The third-order valence-corrected chi connectivity index (χ3v) is 14.4. The predicted octanol–water partition coefficient (Wildman–Crippen LogP) is 7.08. The number of fused-ring (bicyclic) bond motifs is 3. The number of aliphatic hydroxyl groups excluding tert-OH is 2. The molecule has 312 valence electrons. The summed E-state index contributed by atoms with van der Waals surface area (Å²) in [4.78, 5) is 26.2. The van der Waals surface area contributed by atoms with Gasteiger partial charge in [0.1, 0.15) is 11.2 Å². The topological polar surface area (TPSA) is 154 Å². The number of allylic oxidation sites excluding steroid dienone is 2. The van der Waals surface area contributed by atoms with E-state index >= 15 is 0 Å². The summed E-state index contributed by atoms with van der Waals surface area (Å²) in [5.74, 6) is 9.24. The Hall–Kier alpha value is -4.62. The van der Waals surface area contributed by atoms with Gasteiger partial charge in [0.05, 0.1) is 25.1 Å². The lowest BCUT2D eigenvalue weighted by atomic mass is 9.64. The van der Waals surface area contributed by atoms with E-state index in [4.69, 9.17) is 10.5 Å². The van der Waals surface area contributed by atoms with Crippen LogP contribution in [0.1, 0.15) is 112 Å². The maximum Gasteiger partial charge on any atom is 0.160 e. The molecular weight excluding hydrogens is 739 g/mol. The summed E-state index contributed by atoms with van der Waals surface area (Å²) >= 11 is 0. The highest BCUT2D eigenvalue weighted by Gasteiger charge is 2.47. The summed E-state index contributed by atoms with van der Waals surface area (Å²) in [7, 11) is 1.52. The lowest BCUT2D eigenvalue weighted by molar-refractivity contribution is -0.134. The molecule has 9 nitrogen and oxygen atoms in total. The fourth-order valence-electron chi connectivity index (χ4n) is 10.9. The van der Waals surface area contributed by atoms with Crippen molar-refractivity contribution >= 4 is 22.3 Å². The van der Waals surface area contributed by atoms with Gasteiger partial charge >= 0.3 is 0 Å². The van der Waals surface area contributed by atoms with E-state index in [1.165, 1.54) is 7.11 Å². The third kappa shape index (κ3) is 9.11. The van der Waals surface area contributed by atoms with Crippen molar-refractivity contribution in [1.82, 2.24) is 10.6 Å². The number of aryl methyl sites for hydroxylation is 1. The SMILES string of the molecule is COc1cc2c(cc1O)[C@@H](CC[C@H](O)C[C@H](C1=CCNC(N)=C1)c1ccc3ccccc3c1)C#C[C@@]1(CC[C@H](CC[C@@H]3CN[C@@H]4CC(=O)CC[C@@H]4C3)C[C@H]1O)C(=O)CC2. The number of aromatic hydroxyl groups is 1. The molecule has 0 amide bonds. The number of dihydropyridines is 1. The molecular formula is C50H61N3O6. The van der Waals surface area contributed by atoms with E-state index in [0.717, 1.165) is 71.7 Å². The molecule has 0 aromatic heterocycles. The van der Waals surface area contributed by atoms with Crippen LogP contribution >= 0.6 is 0 Å². The zero-order valence-corrected chi connectivity index (χ0v) is 34.4. The summed E-state index contributed by atoms with van der Waals surface area (Å²) in [6.45, 7) is 1.56. The Labute approximate surface area is 348 Å². The van der Waals surface area contributed by atoms with E-state index in [-0.39, 0.29) is 29.8 Å². The number of phenols is 1. The number of nitrogens with two attached hydrogens (primary N) is 1. The molecule has 3 aliphatic carbocycles. The van der Waals surface area contributed by atoms with Gasteiger partial charge < -0.3 is 36.4 Å². The molecule has 9 atom stereocenters. The molecule has 0 bridgehead atoms. The van der Waals surface area contributed by atoms with Crippen LogP contribution in [-0.2, 0) is 16.0 Å². The minimum Gasteiger partial charge on any atom is -0.504 e. The van der Waals surface area contributed by atoms with Gasteiger partial charge in [-0.25, -0.2) is 0 Å². The van der Waals surface area contributed by atoms with E-state index in [1.807, 2.05) is 24.3 Å². The number of hydrogen-bond acceptors (Lipinski definition) is 9. The number of hydrogen-bond donors (Lipinski definition) is 6. The van der Waals surface area contributed by atoms with E-state index in [2.05, 4.69) is 58.9 Å². The number of ketones is 2. The molecule has 5 aliphatic rings. The van der Waals surface area contributed by atoms with Crippen molar-refractivity contribution in [2.24, 2.45) is 28.9 Å². The number of carbonyl (C=O) groups is 2. The van der Waals surface area contributed by atoms with Crippen LogP contribution in [0.5, 0.6) is 11.5 Å². The molecule has 2 heterocycles. The summed E-state index contributed by atoms with van der Waals surface area (Å²) in [6.07, 6.45) is 12.2. The van der Waals surface area contributed by atoms with Crippen LogP contribution in [-0.4, -0.2) is 65.3 Å². The molecule has 0 unspecified atom stereocenters. The number of Topliss-reactive ketones (excluding diaryl/α,β-unsaturated/α-hetero) is 2. The average molecular weight is 800 g/mol. The summed E-state index contributed by atoms with van der Waals surface area (Å²) in [6, 6.07) is 18.6. The highest BCUT2D eigenvalue weighted by atomic mass is 16.5. The van der Waals surface area contributed by atoms with Crippen LogP contribution in [0.3, 0.4) is 0 Å².